The van der Waals surface area contributed by atoms with Gasteiger partial charge in [0.2, 0.25) is 0 Å². The van der Waals surface area contributed by atoms with E-state index in [4.69, 9.17) is 14.9 Å². The number of likely N-dealkylation sites (N-methyl/N-ethyl adjacent to an activating group) is 1. The van der Waals surface area contributed by atoms with Gasteiger partial charge in [0, 0.05) is 13.2 Å². The fourth-order valence-electron chi connectivity index (χ4n) is 1.78. The van der Waals surface area contributed by atoms with Crippen LogP contribution in [0.1, 0.15) is 30.9 Å². The highest BCUT2D eigenvalue weighted by Crippen LogP contribution is 2.15. The van der Waals surface area contributed by atoms with E-state index in [0.29, 0.717) is 6.54 Å². The molecule has 0 saturated carbocycles. The topological polar surface area (TPSA) is 51.6 Å². The van der Waals surface area contributed by atoms with Crippen molar-refractivity contribution in [2.45, 2.75) is 33.9 Å². The van der Waals surface area contributed by atoms with Gasteiger partial charge in [-0.05, 0) is 32.0 Å². The number of aryl methyl sites for hydroxylation is 1. The second kappa shape index (κ2) is 7.48. The van der Waals surface area contributed by atoms with Crippen molar-refractivity contribution < 1.29 is 9.15 Å². The van der Waals surface area contributed by atoms with Crippen molar-refractivity contribution in [2.75, 3.05) is 26.3 Å². The van der Waals surface area contributed by atoms with Gasteiger partial charge in [0.15, 0.2) is 0 Å². The van der Waals surface area contributed by atoms with Gasteiger partial charge in [0.05, 0.1) is 19.7 Å². The predicted molar refractivity (Wildman–Crippen MR) is 68.8 cm³/mol. The number of nitrogens with two attached hydrogens (primary N) is 1. The smallest absolute Gasteiger partial charge is 0.120 e. The van der Waals surface area contributed by atoms with Gasteiger partial charge in [-0.2, -0.15) is 0 Å². The van der Waals surface area contributed by atoms with Crippen LogP contribution in [0.2, 0.25) is 0 Å². The second-order valence-electron chi connectivity index (χ2n) is 4.09. The van der Waals surface area contributed by atoms with Crippen molar-refractivity contribution in [1.29, 1.82) is 0 Å². The highest BCUT2D eigenvalue weighted by Gasteiger charge is 2.09. The van der Waals surface area contributed by atoms with E-state index in [1.54, 1.807) is 0 Å². The second-order valence-corrected chi connectivity index (χ2v) is 4.09. The van der Waals surface area contributed by atoms with Crippen LogP contribution in [0, 0.1) is 6.92 Å². The predicted octanol–water partition coefficient (Wildman–Crippen LogP) is 1.91. The van der Waals surface area contributed by atoms with Crippen LogP contribution >= 0.6 is 0 Å². The molecule has 1 aromatic rings. The maximum absolute atomic E-state index is 5.69. The molecule has 0 unspecified atom stereocenters. The lowest BCUT2D eigenvalue weighted by Crippen LogP contribution is -2.26. The molecule has 1 rings (SSSR count). The summed E-state index contributed by atoms with van der Waals surface area (Å²) in [6.07, 6.45) is 0. The first-order valence-electron chi connectivity index (χ1n) is 6.29. The minimum atomic E-state index is 0.469. The summed E-state index contributed by atoms with van der Waals surface area (Å²) >= 11 is 0. The summed E-state index contributed by atoms with van der Waals surface area (Å²) in [5, 5.41) is 0. The molecule has 0 saturated heterocycles. The Hall–Kier alpha value is -0.840. The van der Waals surface area contributed by atoms with E-state index < -0.39 is 0 Å². The zero-order valence-electron chi connectivity index (χ0n) is 11.2. The lowest BCUT2D eigenvalue weighted by Gasteiger charge is -2.18. The van der Waals surface area contributed by atoms with Crippen molar-refractivity contribution in [3.8, 4) is 0 Å². The summed E-state index contributed by atoms with van der Waals surface area (Å²) in [4.78, 5) is 2.30. The summed E-state index contributed by atoms with van der Waals surface area (Å²) in [5.41, 5.74) is 6.74. The van der Waals surface area contributed by atoms with Crippen LogP contribution in [-0.2, 0) is 17.8 Å². The Balaban J connectivity index is 2.48. The fourth-order valence-corrected chi connectivity index (χ4v) is 1.78. The molecule has 0 aliphatic carbocycles. The van der Waals surface area contributed by atoms with Crippen LogP contribution in [0.5, 0.6) is 0 Å². The highest BCUT2D eigenvalue weighted by atomic mass is 16.5. The minimum absolute atomic E-state index is 0.469. The average molecular weight is 240 g/mol. The third-order valence-corrected chi connectivity index (χ3v) is 2.84. The van der Waals surface area contributed by atoms with Gasteiger partial charge in [0.1, 0.15) is 11.5 Å². The molecule has 0 fully saturated rings. The van der Waals surface area contributed by atoms with Crippen LogP contribution in [-0.4, -0.2) is 31.2 Å². The third-order valence-electron chi connectivity index (χ3n) is 2.84. The molecular weight excluding hydrogens is 216 g/mol. The summed E-state index contributed by atoms with van der Waals surface area (Å²) in [6.45, 7) is 11.0. The van der Waals surface area contributed by atoms with Gasteiger partial charge in [-0.3, -0.25) is 4.90 Å². The first-order chi connectivity index (χ1) is 8.21. The minimum Gasteiger partial charge on any atom is -0.463 e. The molecule has 17 heavy (non-hydrogen) atoms. The molecule has 0 aromatic carbocycles. The number of nitrogens with zero attached hydrogens (tertiary/aromatic N) is 1. The third kappa shape index (κ3) is 4.50. The van der Waals surface area contributed by atoms with Crippen LogP contribution in [0.15, 0.2) is 10.5 Å². The maximum atomic E-state index is 5.69. The van der Waals surface area contributed by atoms with Crippen LogP contribution in [0.25, 0.3) is 0 Å². The summed E-state index contributed by atoms with van der Waals surface area (Å²) < 4.78 is 11.1. The standard InChI is InChI=1S/C13H24N2O2/c1-4-15(6-7-16-5-2)10-12-8-11(3)13(9-14)17-12/h8H,4-7,9-10,14H2,1-3H3. The highest BCUT2D eigenvalue weighted by molar-refractivity contribution is 5.19. The molecule has 0 amide bonds. The van der Waals surface area contributed by atoms with Crippen molar-refractivity contribution in [3.05, 3.63) is 23.2 Å². The van der Waals surface area contributed by atoms with E-state index in [-0.39, 0.29) is 0 Å². The molecule has 0 bridgehead atoms. The average Bonchev–Trinajstić information content (AvgIpc) is 2.68. The van der Waals surface area contributed by atoms with Crippen molar-refractivity contribution >= 4 is 0 Å². The Morgan fingerprint density at radius 2 is 2.18 bits per heavy atom. The van der Waals surface area contributed by atoms with E-state index in [0.717, 1.165) is 49.9 Å². The van der Waals surface area contributed by atoms with Gasteiger partial charge in [-0.1, -0.05) is 6.92 Å². The number of furan rings is 1. The number of hydrogen-bond donors (Lipinski definition) is 1. The number of rotatable bonds is 8. The molecule has 1 heterocycles. The van der Waals surface area contributed by atoms with Crippen molar-refractivity contribution in [3.63, 3.8) is 0 Å². The quantitative estimate of drug-likeness (QED) is 0.705. The van der Waals surface area contributed by atoms with Crippen LogP contribution in [0.3, 0.4) is 0 Å². The monoisotopic (exact) mass is 240 g/mol. The van der Waals surface area contributed by atoms with Gasteiger partial charge in [-0.25, -0.2) is 0 Å². The largest absolute Gasteiger partial charge is 0.463 e. The molecule has 0 atom stereocenters. The molecule has 1 aromatic heterocycles. The summed E-state index contributed by atoms with van der Waals surface area (Å²) in [6, 6.07) is 2.07. The molecule has 0 spiro atoms. The molecule has 98 valence electrons. The Bertz CT molecular complexity index is 323. The van der Waals surface area contributed by atoms with Gasteiger partial charge >= 0.3 is 0 Å². The molecule has 0 aliphatic heterocycles. The first kappa shape index (κ1) is 14.2. The van der Waals surface area contributed by atoms with Gasteiger partial charge in [-0.15, -0.1) is 0 Å². The van der Waals surface area contributed by atoms with E-state index in [9.17, 15) is 0 Å². The van der Waals surface area contributed by atoms with Gasteiger partial charge in [0.25, 0.3) is 0 Å². The molecule has 0 radical (unpaired) electrons. The Kier molecular flexibility index (Phi) is 6.26. The van der Waals surface area contributed by atoms with E-state index >= 15 is 0 Å². The first-order valence-corrected chi connectivity index (χ1v) is 6.29. The molecular formula is C13H24N2O2. The van der Waals surface area contributed by atoms with Crippen LogP contribution < -0.4 is 5.73 Å². The maximum Gasteiger partial charge on any atom is 0.120 e. The lowest BCUT2D eigenvalue weighted by molar-refractivity contribution is 0.110. The Morgan fingerprint density at radius 1 is 1.41 bits per heavy atom. The van der Waals surface area contributed by atoms with E-state index in [1.807, 2.05) is 13.8 Å². The summed E-state index contributed by atoms with van der Waals surface area (Å²) in [7, 11) is 0. The number of ether oxygens (including phenoxy) is 1. The van der Waals surface area contributed by atoms with E-state index in [2.05, 4.69) is 17.9 Å². The Morgan fingerprint density at radius 3 is 2.71 bits per heavy atom. The molecule has 4 nitrogen and oxygen atoms in total. The molecule has 0 aliphatic rings. The normalized spacial score (nSPS) is 11.4. The zero-order chi connectivity index (χ0) is 12.7. The molecule has 4 heteroatoms. The SMILES string of the molecule is CCOCCN(CC)Cc1cc(C)c(CN)o1. The van der Waals surface area contributed by atoms with Gasteiger partial charge < -0.3 is 14.9 Å². The van der Waals surface area contributed by atoms with Crippen molar-refractivity contribution in [2.24, 2.45) is 5.73 Å². The Labute approximate surface area is 104 Å². The number of hydrogen-bond acceptors (Lipinski definition) is 4. The van der Waals surface area contributed by atoms with Crippen molar-refractivity contribution in [1.82, 2.24) is 4.90 Å². The lowest BCUT2D eigenvalue weighted by atomic mass is 10.2. The zero-order valence-corrected chi connectivity index (χ0v) is 11.2. The fraction of sp³-hybridized carbons (Fsp3) is 0.692. The summed E-state index contributed by atoms with van der Waals surface area (Å²) in [5.74, 6) is 1.88. The molecule has 2 N–H and O–H groups in total. The van der Waals surface area contributed by atoms with Crippen LogP contribution in [0.4, 0.5) is 0 Å². The van der Waals surface area contributed by atoms with E-state index in [1.165, 1.54) is 0 Å².